The molecule has 2 aliphatic heterocycles. The summed E-state index contributed by atoms with van der Waals surface area (Å²) in [6.07, 6.45) is 0. The molecule has 0 aromatic heterocycles. The second-order valence-corrected chi connectivity index (χ2v) is 4.26. The van der Waals surface area contributed by atoms with E-state index in [0.29, 0.717) is 0 Å². The number of nitrogens with zero attached hydrogens (tertiary/aromatic N) is 2. The van der Waals surface area contributed by atoms with Gasteiger partial charge in [-0.1, -0.05) is 0 Å². The molecule has 0 unspecified atom stereocenters. The molecule has 6 heteroatoms. The number of hydrogen-bond donors (Lipinski definition) is 2. The van der Waals surface area contributed by atoms with Crippen molar-refractivity contribution in [2.24, 2.45) is 0 Å². The van der Waals surface area contributed by atoms with Crippen LogP contribution in [0.4, 0.5) is 0 Å². The van der Waals surface area contributed by atoms with Crippen LogP contribution in [0, 0.1) is 0 Å². The molecule has 86 valence electrons. The van der Waals surface area contributed by atoms with Crippen LogP contribution in [0.15, 0.2) is 0 Å². The summed E-state index contributed by atoms with van der Waals surface area (Å²) >= 11 is 4.99. The van der Waals surface area contributed by atoms with Gasteiger partial charge in [0.1, 0.15) is 0 Å². The fraction of sp³-hybridized carbons (Fsp3) is 0.889. The predicted molar refractivity (Wildman–Crippen MR) is 62.6 cm³/mol. The van der Waals surface area contributed by atoms with E-state index < -0.39 is 0 Å². The van der Waals surface area contributed by atoms with Gasteiger partial charge < -0.3 is 15.4 Å². The zero-order chi connectivity index (χ0) is 10.5. The van der Waals surface area contributed by atoms with E-state index in [0.717, 1.165) is 57.8 Å². The highest BCUT2D eigenvalue weighted by atomic mass is 32.1. The fourth-order valence-corrected chi connectivity index (χ4v) is 1.88. The Kier molecular flexibility index (Phi) is 4.13. The topological polar surface area (TPSA) is 39.8 Å². The van der Waals surface area contributed by atoms with Crippen LogP contribution in [0.5, 0.6) is 0 Å². The van der Waals surface area contributed by atoms with Crippen LogP contribution in [0.3, 0.4) is 0 Å². The van der Waals surface area contributed by atoms with Crippen molar-refractivity contribution in [1.29, 1.82) is 0 Å². The number of rotatable bonds is 3. The summed E-state index contributed by atoms with van der Waals surface area (Å²) in [5.74, 6) is 0. The van der Waals surface area contributed by atoms with Crippen molar-refractivity contribution in [2.45, 2.75) is 0 Å². The molecule has 15 heavy (non-hydrogen) atoms. The molecule has 0 saturated carbocycles. The van der Waals surface area contributed by atoms with Gasteiger partial charge in [0.25, 0.3) is 0 Å². The highest BCUT2D eigenvalue weighted by Gasteiger charge is 2.14. The zero-order valence-electron chi connectivity index (χ0n) is 8.87. The van der Waals surface area contributed by atoms with Crippen molar-refractivity contribution in [2.75, 3.05) is 52.7 Å². The molecular weight excluding hydrogens is 212 g/mol. The molecular formula is C9H18N4OS. The molecule has 0 aromatic rings. The normalized spacial score (nSPS) is 24.7. The van der Waals surface area contributed by atoms with Gasteiger partial charge in [0.05, 0.1) is 26.6 Å². The van der Waals surface area contributed by atoms with Gasteiger partial charge in [-0.25, -0.2) is 0 Å². The monoisotopic (exact) mass is 230 g/mol. The summed E-state index contributed by atoms with van der Waals surface area (Å²) in [6, 6.07) is 0. The summed E-state index contributed by atoms with van der Waals surface area (Å²) in [6.45, 7) is 7.77. The lowest BCUT2D eigenvalue weighted by atomic mass is 10.4. The van der Waals surface area contributed by atoms with E-state index in [1.165, 1.54) is 0 Å². The van der Waals surface area contributed by atoms with E-state index in [2.05, 4.69) is 20.4 Å². The van der Waals surface area contributed by atoms with Gasteiger partial charge >= 0.3 is 0 Å². The molecule has 2 fully saturated rings. The average molecular weight is 230 g/mol. The van der Waals surface area contributed by atoms with Crippen molar-refractivity contribution < 1.29 is 4.74 Å². The summed E-state index contributed by atoms with van der Waals surface area (Å²) in [5.41, 5.74) is 0. The van der Waals surface area contributed by atoms with Gasteiger partial charge in [0, 0.05) is 26.2 Å². The van der Waals surface area contributed by atoms with Crippen LogP contribution < -0.4 is 10.6 Å². The molecule has 2 saturated heterocycles. The van der Waals surface area contributed by atoms with E-state index >= 15 is 0 Å². The number of ether oxygens (including phenoxy) is 1. The van der Waals surface area contributed by atoms with Crippen molar-refractivity contribution in [3.05, 3.63) is 0 Å². The van der Waals surface area contributed by atoms with Crippen LogP contribution >= 0.6 is 12.2 Å². The van der Waals surface area contributed by atoms with E-state index in [1.54, 1.807) is 0 Å². The minimum absolute atomic E-state index is 0.762. The molecule has 5 nitrogen and oxygen atoms in total. The molecule has 2 N–H and O–H groups in total. The third-order valence-corrected chi connectivity index (χ3v) is 3.05. The van der Waals surface area contributed by atoms with E-state index in [9.17, 15) is 0 Å². The molecule has 0 atom stereocenters. The van der Waals surface area contributed by atoms with Crippen molar-refractivity contribution in [3.63, 3.8) is 0 Å². The zero-order valence-corrected chi connectivity index (χ0v) is 9.68. The van der Waals surface area contributed by atoms with Crippen LogP contribution in [0.2, 0.25) is 0 Å². The largest absolute Gasteiger partial charge is 0.379 e. The second kappa shape index (κ2) is 5.60. The first-order valence-electron chi connectivity index (χ1n) is 5.39. The second-order valence-electron chi connectivity index (χ2n) is 3.85. The first-order chi connectivity index (χ1) is 7.34. The van der Waals surface area contributed by atoms with Crippen LogP contribution in [0.25, 0.3) is 0 Å². The molecule has 0 bridgehead atoms. The van der Waals surface area contributed by atoms with Crippen molar-refractivity contribution in [1.82, 2.24) is 20.4 Å². The van der Waals surface area contributed by atoms with E-state index in [-0.39, 0.29) is 0 Å². The van der Waals surface area contributed by atoms with Gasteiger partial charge in [0.2, 0.25) is 0 Å². The number of morpholine rings is 1. The first-order valence-corrected chi connectivity index (χ1v) is 5.79. The van der Waals surface area contributed by atoms with Crippen LogP contribution in [-0.4, -0.2) is 67.6 Å². The van der Waals surface area contributed by atoms with Gasteiger partial charge in [-0.3, -0.25) is 9.80 Å². The first kappa shape index (κ1) is 11.1. The van der Waals surface area contributed by atoms with Gasteiger partial charge in [-0.05, 0) is 12.2 Å². The standard InChI is InChI=1S/C9H18N4OS/c15-9-10-7-13(8-11-9)2-1-12-3-5-14-6-4-12/h1-8H2,(H2,10,11,15). The van der Waals surface area contributed by atoms with E-state index in [4.69, 9.17) is 17.0 Å². The Morgan fingerprint density at radius 2 is 1.67 bits per heavy atom. The Balaban J connectivity index is 1.62. The average Bonchev–Trinajstić information content (AvgIpc) is 2.30. The van der Waals surface area contributed by atoms with E-state index in [1.807, 2.05) is 0 Å². The molecule has 2 heterocycles. The third-order valence-electron chi connectivity index (χ3n) is 2.76. The molecule has 0 aromatic carbocycles. The van der Waals surface area contributed by atoms with Crippen LogP contribution in [0.1, 0.15) is 0 Å². The maximum atomic E-state index is 5.31. The quantitative estimate of drug-likeness (QED) is 0.607. The molecule has 0 spiro atoms. The number of hydrogen-bond acceptors (Lipinski definition) is 4. The van der Waals surface area contributed by atoms with Gasteiger partial charge in [-0.2, -0.15) is 0 Å². The molecule has 2 aliphatic rings. The van der Waals surface area contributed by atoms with Gasteiger partial charge in [0.15, 0.2) is 5.11 Å². The van der Waals surface area contributed by atoms with Crippen molar-refractivity contribution >= 4 is 17.3 Å². The minimum Gasteiger partial charge on any atom is -0.379 e. The smallest absolute Gasteiger partial charge is 0.168 e. The lowest BCUT2D eigenvalue weighted by Crippen LogP contribution is -2.55. The highest BCUT2D eigenvalue weighted by Crippen LogP contribution is 1.97. The lowest BCUT2D eigenvalue weighted by molar-refractivity contribution is 0.0326. The SMILES string of the molecule is S=C1NCN(CCN2CCOCC2)CN1. The number of thiocarbonyl (C=S) groups is 1. The molecule has 0 radical (unpaired) electrons. The predicted octanol–water partition coefficient (Wildman–Crippen LogP) is -0.987. The lowest BCUT2D eigenvalue weighted by Gasteiger charge is -2.32. The Labute approximate surface area is 95.7 Å². The summed E-state index contributed by atoms with van der Waals surface area (Å²) in [7, 11) is 0. The Morgan fingerprint density at radius 3 is 2.33 bits per heavy atom. The minimum atomic E-state index is 0.762. The Morgan fingerprint density at radius 1 is 1.07 bits per heavy atom. The summed E-state index contributed by atoms with van der Waals surface area (Å²) in [4.78, 5) is 4.75. The van der Waals surface area contributed by atoms with Crippen molar-refractivity contribution in [3.8, 4) is 0 Å². The fourth-order valence-electron chi connectivity index (χ4n) is 1.75. The third kappa shape index (κ3) is 3.57. The van der Waals surface area contributed by atoms with Crippen LogP contribution in [-0.2, 0) is 4.74 Å². The number of nitrogens with one attached hydrogen (secondary N) is 2. The summed E-state index contributed by atoms with van der Waals surface area (Å²) in [5, 5.41) is 7.01. The van der Waals surface area contributed by atoms with Gasteiger partial charge in [-0.15, -0.1) is 0 Å². The Bertz CT molecular complexity index is 210. The highest BCUT2D eigenvalue weighted by molar-refractivity contribution is 7.80. The summed E-state index contributed by atoms with van der Waals surface area (Å²) < 4.78 is 5.31. The molecule has 0 amide bonds. The molecule has 2 rings (SSSR count). The maximum Gasteiger partial charge on any atom is 0.168 e. The molecule has 0 aliphatic carbocycles. The Hall–Kier alpha value is -0.430. The maximum absolute atomic E-state index is 5.31.